The molecule has 2 N–H and O–H groups in total. The Hall–Kier alpha value is -4.70. The summed E-state index contributed by atoms with van der Waals surface area (Å²) in [7, 11) is 0. The molecule has 168 valence electrons. The van der Waals surface area contributed by atoms with Crippen molar-refractivity contribution in [1.82, 2.24) is 9.97 Å². The third kappa shape index (κ3) is 4.18. The average molecular weight is 453 g/mol. The zero-order valence-corrected chi connectivity index (χ0v) is 19.1. The molecule has 0 atom stereocenters. The standard InChI is InChI=1S/C31H24N4/c1-4-11-23(12-5-1)19-20-28-32-27-18-10-13-24-21-22-31(30(33-28)29(24)27,34-25-14-6-2-7-15-25)35-26-16-8-3-9-17-26/h1-22,34-35H/b20-19+. The van der Waals surface area contributed by atoms with E-state index >= 15 is 0 Å². The Morgan fingerprint density at radius 2 is 1.23 bits per heavy atom. The lowest BCUT2D eigenvalue weighted by atomic mass is 9.90. The summed E-state index contributed by atoms with van der Waals surface area (Å²) in [5.41, 5.74) is 5.24. The maximum Gasteiger partial charge on any atom is 0.172 e. The molecule has 0 unspecified atom stereocenters. The largest absolute Gasteiger partial charge is 0.355 e. The minimum absolute atomic E-state index is 0.665. The number of anilines is 2. The average Bonchev–Trinajstić information content (AvgIpc) is 2.91. The number of nitrogens with zero attached hydrogens (tertiary/aromatic N) is 2. The van der Waals surface area contributed by atoms with Crippen molar-refractivity contribution in [1.29, 1.82) is 0 Å². The van der Waals surface area contributed by atoms with Crippen molar-refractivity contribution >= 4 is 40.5 Å². The van der Waals surface area contributed by atoms with Gasteiger partial charge < -0.3 is 10.6 Å². The van der Waals surface area contributed by atoms with E-state index in [1.165, 1.54) is 0 Å². The van der Waals surface area contributed by atoms with Gasteiger partial charge in [-0.3, -0.25) is 0 Å². The van der Waals surface area contributed by atoms with Gasteiger partial charge in [0.1, 0.15) is 5.69 Å². The van der Waals surface area contributed by atoms with Crippen LogP contribution < -0.4 is 10.6 Å². The normalized spacial score (nSPS) is 13.7. The van der Waals surface area contributed by atoms with E-state index < -0.39 is 5.66 Å². The highest BCUT2D eigenvalue weighted by atomic mass is 15.2. The molecule has 6 rings (SSSR count). The van der Waals surface area contributed by atoms with Crippen LogP contribution in [0.1, 0.15) is 22.6 Å². The summed E-state index contributed by atoms with van der Waals surface area (Å²) in [6, 6.07) is 36.8. The molecular weight excluding hydrogens is 428 g/mol. The minimum atomic E-state index is -0.770. The van der Waals surface area contributed by atoms with Crippen molar-refractivity contribution in [3.8, 4) is 0 Å². The van der Waals surface area contributed by atoms with Crippen LogP contribution in [-0.2, 0) is 5.66 Å². The number of rotatable bonds is 6. The van der Waals surface area contributed by atoms with E-state index in [1.807, 2.05) is 72.8 Å². The van der Waals surface area contributed by atoms with E-state index in [-0.39, 0.29) is 0 Å². The first-order valence-electron chi connectivity index (χ1n) is 11.7. The highest BCUT2D eigenvalue weighted by Gasteiger charge is 2.36. The van der Waals surface area contributed by atoms with Crippen molar-refractivity contribution in [2.75, 3.05) is 10.6 Å². The van der Waals surface area contributed by atoms with E-state index in [0.29, 0.717) is 5.82 Å². The molecule has 4 nitrogen and oxygen atoms in total. The molecule has 0 aliphatic heterocycles. The van der Waals surface area contributed by atoms with E-state index in [2.05, 4.69) is 71.3 Å². The first kappa shape index (κ1) is 20.9. The Morgan fingerprint density at radius 1 is 0.600 bits per heavy atom. The Labute approximate surface area is 204 Å². The number of nitrogens with one attached hydrogen (secondary N) is 2. The fraction of sp³-hybridized carbons (Fsp3) is 0.0323. The van der Waals surface area contributed by atoms with Gasteiger partial charge in [0, 0.05) is 16.8 Å². The Kier molecular flexibility index (Phi) is 5.32. The smallest absolute Gasteiger partial charge is 0.172 e. The van der Waals surface area contributed by atoms with Gasteiger partial charge in [0.25, 0.3) is 0 Å². The molecule has 4 heteroatoms. The van der Waals surface area contributed by atoms with Gasteiger partial charge in [-0.1, -0.05) is 91.0 Å². The van der Waals surface area contributed by atoms with Gasteiger partial charge in [-0.25, -0.2) is 9.97 Å². The first-order valence-corrected chi connectivity index (χ1v) is 11.7. The lowest BCUT2D eigenvalue weighted by Gasteiger charge is -2.37. The predicted molar refractivity (Wildman–Crippen MR) is 146 cm³/mol. The first-order chi connectivity index (χ1) is 17.3. The second-order valence-corrected chi connectivity index (χ2v) is 8.54. The van der Waals surface area contributed by atoms with Crippen molar-refractivity contribution in [3.63, 3.8) is 0 Å². The molecule has 1 aliphatic rings. The van der Waals surface area contributed by atoms with Crippen LogP contribution in [0.2, 0.25) is 0 Å². The monoisotopic (exact) mass is 452 g/mol. The van der Waals surface area contributed by atoms with Crippen LogP contribution >= 0.6 is 0 Å². The maximum absolute atomic E-state index is 5.12. The summed E-state index contributed by atoms with van der Waals surface area (Å²) >= 11 is 0. The molecule has 5 aromatic rings. The quantitative estimate of drug-likeness (QED) is 0.267. The van der Waals surface area contributed by atoms with E-state index in [0.717, 1.165) is 39.1 Å². The van der Waals surface area contributed by atoms with Crippen molar-refractivity contribution in [2.24, 2.45) is 0 Å². The Bertz CT molecular complexity index is 1480. The van der Waals surface area contributed by atoms with Gasteiger partial charge in [0.2, 0.25) is 0 Å². The predicted octanol–water partition coefficient (Wildman–Crippen LogP) is 7.20. The fourth-order valence-electron chi connectivity index (χ4n) is 4.49. The SMILES string of the molecule is C1=CC(Nc2ccccc2)(Nc2ccccc2)c2nc(/C=C/c3ccccc3)nc3cccc1c23. The molecule has 35 heavy (non-hydrogen) atoms. The van der Waals surface area contributed by atoms with Gasteiger partial charge >= 0.3 is 0 Å². The molecule has 0 bridgehead atoms. The zero-order valence-electron chi connectivity index (χ0n) is 19.1. The molecule has 0 saturated carbocycles. The van der Waals surface area contributed by atoms with Crippen LogP contribution in [0.3, 0.4) is 0 Å². The number of aromatic nitrogens is 2. The summed E-state index contributed by atoms with van der Waals surface area (Å²) in [5, 5.41) is 8.51. The summed E-state index contributed by atoms with van der Waals surface area (Å²) in [4.78, 5) is 10.0. The van der Waals surface area contributed by atoms with Gasteiger partial charge in [0.15, 0.2) is 11.5 Å². The third-order valence-corrected chi connectivity index (χ3v) is 6.11. The second-order valence-electron chi connectivity index (χ2n) is 8.54. The van der Waals surface area contributed by atoms with Crippen LogP contribution in [0.15, 0.2) is 115 Å². The highest BCUT2D eigenvalue weighted by Crippen LogP contribution is 2.39. The fourth-order valence-corrected chi connectivity index (χ4v) is 4.49. The van der Waals surface area contributed by atoms with Crippen molar-refractivity contribution < 1.29 is 0 Å². The molecule has 1 aliphatic carbocycles. The maximum atomic E-state index is 5.12. The molecule has 1 heterocycles. The summed E-state index contributed by atoms with van der Waals surface area (Å²) < 4.78 is 0. The van der Waals surface area contributed by atoms with Crippen molar-refractivity contribution in [2.45, 2.75) is 5.66 Å². The van der Waals surface area contributed by atoms with Gasteiger partial charge in [0.05, 0.1) is 5.52 Å². The number of hydrogen-bond donors (Lipinski definition) is 2. The number of hydrogen-bond acceptors (Lipinski definition) is 4. The molecule has 0 spiro atoms. The Balaban J connectivity index is 1.54. The summed E-state index contributed by atoms with van der Waals surface area (Å²) in [5.74, 6) is 0.665. The van der Waals surface area contributed by atoms with E-state index in [1.54, 1.807) is 0 Å². The summed E-state index contributed by atoms with van der Waals surface area (Å²) in [6.07, 6.45) is 8.32. The molecule has 0 radical (unpaired) electrons. The van der Waals surface area contributed by atoms with Gasteiger partial charge in [-0.15, -0.1) is 0 Å². The lowest BCUT2D eigenvalue weighted by molar-refractivity contribution is 0.685. The van der Waals surface area contributed by atoms with E-state index in [9.17, 15) is 0 Å². The minimum Gasteiger partial charge on any atom is -0.355 e. The molecule has 0 fully saturated rings. The lowest BCUT2D eigenvalue weighted by Crippen LogP contribution is -2.43. The second kappa shape index (κ2) is 8.92. The number of benzene rings is 4. The summed E-state index contributed by atoms with van der Waals surface area (Å²) in [6.45, 7) is 0. The molecular formula is C31H24N4. The van der Waals surface area contributed by atoms with Gasteiger partial charge in [-0.05, 0) is 53.6 Å². The molecule has 1 aromatic heterocycles. The molecule has 0 saturated heterocycles. The van der Waals surface area contributed by atoms with Crippen LogP contribution in [-0.4, -0.2) is 9.97 Å². The van der Waals surface area contributed by atoms with Crippen LogP contribution in [0.4, 0.5) is 11.4 Å². The van der Waals surface area contributed by atoms with Crippen LogP contribution in [0.5, 0.6) is 0 Å². The van der Waals surface area contributed by atoms with Gasteiger partial charge in [-0.2, -0.15) is 0 Å². The van der Waals surface area contributed by atoms with Crippen LogP contribution in [0.25, 0.3) is 29.1 Å². The van der Waals surface area contributed by atoms with Crippen LogP contribution in [0, 0.1) is 0 Å². The Morgan fingerprint density at radius 3 is 1.89 bits per heavy atom. The zero-order chi connectivity index (χ0) is 23.5. The molecule has 4 aromatic carbocycles. The number of para-hydroxylation sites is 2. The highest BCUT2D eigenvalue weighted by molar-refractivity contribution is 5.94. The van der Waals surface area contributed by atoms with E-state index in [4.69, 9.17) is 9.97 Å². The topological polar surface area (TPSA) is 49.8 Å². The molecule has 0 amide bonds. The van der Waals surface area contributed by atoms with Crippen molar-refractivity contribution in [3.05, 3.63) is 138 Å². The third-order valence-electron chi connectivity index (χ3n) is 6.11.